The van der Waals surface area contributed by atoms with Crippen LogP contribution in [-0.2, 0) is 4.79 Å². The van der Waals surface area contributed by atoms with Gasteiger partial charge in [-0.05, 0) is 75.5 Å². The third-order valence-corrected chi connectivity index (χ3v) is 9.32. The maximum absolute atomic E-state index is 13.6. The van der Waals surface area contributed by atoms with Gasteiger partial charge >= 0.3 is 0 Å². The van der Waals surface area contributed by atoms with Crippen molar-refractivity contribution < 1.29 is 14.7 Å². The van der Waals surface area contributed by atoms with E-state index in [1.165, 1.54) is 12.8 Å². The van der Waals surface area contributed by atoms with Crippen LogP contribution in [0.4, 0.5) is 5.95 Å². The van der Waals surface area contributed by atoms with Crippen LogP contribution in [-0.4, -0.2) is 69.6 Å². The molecule has 1 aromatic carbocycles. The normalized spacial score (nSPS) is 28.3. The quantitative estimate of drug-likeness (QED) is 0.624. The second-order valence-corrected chi connectivity index (χ2v) is 11.8. The smallest absolute Gasteiger partial charge is 0.251 e. The van der Waals surface area contributed by atoms with Gasteiger partial charge in [-0.3, -0.25) is 9.59 Å². The summed E-state index contributed by atoms with van der Waals surface area (Å²) < 4.78 is 0. The van der Waals surface area contributed by atoms with Gasteiger partial charge in [0, 0.05) is 55.2 Å². The number of piperidine rings is 1. The van der Waals surface area contributed by atoms with Gasteiger partial charge in [0.1, 0.15) is 0 Å². The summed E-state index contributed by atoms with van der Waals surface area (Å²) >= 11 is 0. The van der Waals surface area contributed by atoms with Gasteiger partial charge in [0.05, 0.1) is 11.5 Å². The topological polar surface area (TPSA) is 98.7 Å². The molecule has 3 heterocycles. The van der Waals surface area contributed by atoms with E-state index in [0.29, 0.717) is 24.1 Å². The summed E-state index contributed by atoms with van der Waals surface area (Å²) in [4.78, 5) is 39.8. The van der Waals surface area contributed by atoms with Gasteiger partial charge in [-0.25, -0.2) is 9.97 Å². The van der Waals surface area contributed by atoms with Crippen LogP contribution in [0.3, 0.4) is 0 Å². The Bertz CT molecular complexity index is 1140. The number of carbonyl (C=O) groups excluding carboxylic acids is 2. The van der Waals surface area contributed by atoms with Gasteiger partial charge in [-0.15, -0.1) is 0 Å². The molecule has 202 valence electrons. The molecule has 6 rings (SSSR count). The third kappa shape index (κ3) is 5.03. The zero-order valence-corrected chi connectivity index (χ0v) is 22.1. The van der Waals surface area contributed by atoms with Crippen molar-refractivity contribution in [1.82, 2.24) is 20.2 Å². The second-order valence-electron chi connectivity index (χ2n) is 11.8. The van der Waals surface area contributed by atoms with Crippen molar-refractivity contribution in [2.45, 2.75) is 88.8 Å². The number of amides is 2. The molecule has 2 saturated heterocycles. The first-order valence-electron chi connectivity index (χ1n) is 14.5. The van der Waals surface area contributed by atoms with Gasteiger partial charge in [0.2, 0.25) is 11.9 Å². The summed E-state index contributed by atoms with van der Waals surface area (Å²) in [6.45, 7) is 2.35. The highest BCUT2D eigenvalue weighted by Gasteiger charge is 2.51. The molecule has 4 fully saturated rings. The molecule has 2 N–H and O–H groups in total. The molecule has 0 bridgehead atoms. The van der Waals surface area contributed by atoms with E-state index in [1.807, 2.05) is 36.7 Å². The van der Waals surface area contributed by atoms with Gasteiger partial charge in [0.25, 0.3) is 5.91 Å². The molecule has 38 heavy (non-hydrogen) atoms. The zero-order chi connectivity index (χ0) is 26.1. The lowest BCUT2D eigenvalue weighted by atomic mass is 9.78. The minimum Gasteiger partial charge on any atom is -0.393 e. The Hall–Kier alpha value is -3.00. The van der Waals surface area contributed by atoms with Crippen molar-refractivity contribution in [2.24, 2.45) is 5.41 Å². The van der Waals surface area contributed by atoms with E-state index in [2.05, 4.69) is 25.1 Å². The number of nitrogens with zero attached hydrogens (tertiary/aromatic N) is 4. The molecule has 8 heteroatoms. The number of hydrogen-bond donors (Lipinski definition) is 2. The molecule has 2 aliphatic heterocycles. The molecule has 1 aromatic heterocycles. The lowest BCUT2D eigenvalue weighted by Gasteiger charge is -2.40. The number of benzene rings is 1. The molecule has 4 aliphatic rings. The standard InChI is InChI=1S/C30H39N5O3/c36-26-12-10-25(11-13-26)35-17-15-30(28(35)38)14-3-16-34(20-30)29-31-18-23(19-32-29)21-6-8-22(9-7-21)27(37)33-24-4-1-2-5-24/h6-9,18-19,24-26,36H,1-5,10-17,20H2,(H,33,37)/t25?,26?,30-/m1/s1. The van der Waals surface area contributed by atoms with Crippen LogP contribution >= 0.6 is 0 Å². The highest BCUT2D eigenvalue weighted by atomic mass is 16.3. The fourth-order valence-electron chi connectivity index (χ4n) is 7.03. The largest absolute Gasteiger partial charge is 0.393 e. The van der Waals surface area contributed by atoms with Crippen molar-refractivity contribution in [3.63, 3.8) is 0 Å². The average molecular weight is 518 g/mol. The van der Waals surface area contributed by atoms with Gasteiger partial charge in [0.15, 0.2) is 0 Å². The van der Waals surface area contributed by atoms with E-state index in [4.69, 9.17) is 0 Å². The second kappa shape index (κ2) is 10.6. The summed E-state index contributed by atoms with van der Waals surface area (Å²) in [6.07, 6.45) is 14.2. The summed E-state index contributed by atoms with van der Waals surface area (Å²) in [5.41, 5.74) is 2.22. The van der Waals surface area contributed by atoms with E-state index >= 15 is 0 Å². The fourth-order valence-corrected chi connectivity index (χ4v) is 7.03. The van der Waals surface area contributed by atoms with E-state index in [0.717, 1.165) is 82.0 Å². The number of aromatic nitrogens is 2. The van der Waals surface area contributed by atoms with Crippen LogP contribution in [0.1, 0.15) is 81.0 Å². The first-order chi connectivity index (χ1) is 18.5. The van der Waals surface area contributed by atoms with E-state index in [1.54, 1.807) is 0 Å². The Morgan fingerprint density at radius 1 is 0.895 bits per heavy atom. The van der Waals surface area contributed by atoms with Gasteiger partial charge in [-0.2, -0.15) is 0 Å². The molecule has 2 saturated carbocycles. The number of hydrogen-bond acceptors (Lipinski definition) is 6. The molecule has 1 spiro atoms. The highest BCUT2D eigenvalue weighted by molar-refractivity contribution is 5.94. The molecule has 2 aromatic rings. The lowest BCUT2D eigenvalue weighted by molar-refractivity contribution is -0.139. The molecule has 0 unspecified atom stereocenters. The summed E-state index contributed by atoms with van der Waals surface area (Å²) in [5.74, 6) is 0.958. The Morgan fingerprint density at radius 3 is 2.32 bits per heavy atom. The van der Waals surface area contributed by atoms with Crippen LogP contribution in [0, 0.1) is 5.41 Å². The van der Waals surface area contributed by atoms with Crippen molar-refractivity contribution in [2.75, 3.05) is 24.5 Å². The summed E-state index contributed by atoms with van der Waals surface area (Å²) in [6, 6.07) is 8.22. The monoisotopic (exact) mass is 517 g/mol. The molecule has 1 atom stereocenters. The maximum atomic E-state index is 13.6. The number of likely N-dealkylation sites (tertiary alicyclic amines) is 1. The average Bonchev–Trinajstić information content (AvgIpc) is 3.57. The molecule has 8 nitrogen and oxygen atoms in total. The maximum Gasteiger partial charge on any atom is 0.251 e. The van der Waals surface area contributed by atoms with E-state index in [9.17, 15) is 14.7 Å². The minimum atomic E-state index is -0.342. The van der Waals surface area contributed by atoms with Crippen LogP contribution in [0.5, 0.6) is 0 Å². The molecular formula is C30H39N5O3. The molecule has 2 aliphatic carbocycles. The fraction of sp³-hybridized carbons (Fsp3) is 0.600. The number of aliphatic hydroxyl groups is 1. The first kappa shape index (κ1) is 25.3. The Balaban J connectivity index is 1.09. The number of rotatable bonds is 5. The van der Waals surface area contributed by atoms with E-state index < -0.39 is 0 Å². The molecule has 2 amide bonds. The van der Waals surface area contributed by atoms with Crippen LogP contribution in [0.25, 0.3) is 11.1 Å². The van der Waals surface area contributed by atoms with Gasteiger partial charge in [-0.1, -0.05) is 25.0 Å². The highest BCUT2D eigenvalue weighted by Crippen LogP contribution is 2.43. The van der Waals surface area contributed by atoms with E-state index in [-0.39, 0.29) is 29.4 Å². The minimum absolute atomic E-state index is 0.00446. The predicted octanol–water partition coefficient (Wildman–Crippen LogP) is 3.94. The lowest BCUT2D eigenvalue weighted by Crippen LogP contribution is -2.50. The number of carbonyl (C=O) groups is 2. The number of nitrogens with one attached hydrogen (secondary N) is 1. The SMILES string of the molecule is O=C(NC1CCCC1)c1ccc(-c2cnc(N3CCC[C@@]4(CCN(C5CCC(O)CC5)C4=O)C3)nc2)cc1. The Labute approximate surface area is 224 Å². The van der Waals surface area contributed by atoms with Crippen molar-refractivity contribution in [1.29, 1.82) is 0 Å². The van der Waals surface area contributed by atoms with Crippen molar-refractivity contribution >= 4 is 17.8 Å². The van der Waals surface area contributed by atoms with Crippen LogP contribution in [0.15, 0.2) is 36.7 Å². The van der Waals surface area contributed by atoms with Crippen LogP contribution < -0.4 is 10.2 Å². The number of aliphatic hydroxyl groups excluding tert-OH is 1. The summed E-state index contributed by atoms with van der Waals surface area (Å²) in [7, 11) is 0. The third-order valence-electron chi connectivity index (χ3n) is 9.32. The van der Waals surface area contributed by atoms with Crippen LogP contribution in [0.2, 0.25) is 0 Å². The zero-order valence-electron chi connectivity index (χ0n) is 22.1. The number of anilines is 1. The molecule has 0 radical (unpaired) electrons. The Kier molecular flexibility index (Phi) is 7.08. The van der Waals surface area contributed by atoms with Crippen molar-refractivity contribution in [3.8, 4) is 11.1 Å². The first-order valence-corrected chi connectivity index (χ1v) is 14.5. The summed E-state index contributed by atoms with van der Waals surface area (Å²) in [5, 5.41) is 13.0. The van der Waals surface area contributed by atoms with Gasteiger partial charge < -0.3 is 20.2 Å². The predicted molar refractivity (Wildman–Crippen MR) is 146 cm³/mol. The molecular weight excluding hydrogens is 478 g/mol. The van der Waals surface area contributed by atoms with Crippen molar-refractivity contribution in [3.05, 3.63) is 42.2 Å². The Morgan fingerprint density at radius 2 is 1.61 bits per heavy atom.